The number of aliphatic hydroxyl groups excluding tert-OH is 3. The molecule has 5 atom stereocenters. The molecule has 1 aliphatic rings. The maximum absolute atomic E-state index is 10.8. The second-order valence-corrected chi connectivity index (χ2v) is 14.8. The van der Waals surface area contributed by atoms with E-state index in [1.807, 2.05) is 0 Å². The van der Waals surface area contributed by atoms with Gasteiger partial charge in [0.1, 0.15) is 30.6 Å². The predicted octanol–water partition coefficient (Wildman–Crippen LogP) is 10.7. The highest BCUT2D eigenvalue weighted by molar-refractivity contribution is 4.92. The first-order valence-corrected chi connectivity index (χ1v) is 21.3. The van der Waals surface area contributed by atoms with E-state index in [1.54, 1.807) is 0 Å². The summed E-state index contributed by atoms with van der Waals surface area (Å²) in [5.41, 5.74) is 0. The molecule has 4 N–H and O–H groups in total. The molecule has 0 aromatic rings. The van der Waals surface area contributed by atoms with Crippen LogP contribution in [0.2, 0.25) is 0 Å². The average Bonchev–Trinajstić information content (AvgIpc) is 3.09. The molecule has 48 heavy (non-hydrogen) atoms. The van der Waals surface area contributed by atoms with E-state index in [2.05, 4.69) is 31.3 Å². The van der Waals surface area contributed by atoms with Crippen molar-refractivity contribution in [2.45, 2.75) is 237 Å². The Morgan fingerprint density at radius 3 is 1.35 bits per heavy atom. The van der Waals surface area contributed by atoms with Crippen molar-refractivity contribution < 1.29 is 24.8 Å². The molecule has 0 spiro atoms. The monoisotopic (exact) mass is 682 g/mol. The van der Waals surface area contributed by atoms with Crippen LogP contribution in [0.1, 0.15) is 206 Å². The molecule has 6 nitrogen and oxygen atoms in total. The summed E-state index contributed by atoms with van der Waals surface area (Å²) in [6, 6.07) is 0. The number of hydrogen-bond acceptors (Lipinski definition) is 6. The molecule has 0 radical (unpaired) electrons. The third-order valence-electron chi connectivity index (χ3n) is 10.2. The van der Waals surface area contributed by atoms with Crippen molar-refractivity contribution in [3.63, 3.8) is 0 Å². The van der Waals surface area contributed by atoms with Gasteiger partial charge in [0.25, 0.3) is 0 Å². The van der Waals surface area contributed by atoms with Crippen LogP contribution >= 0.6 is 0 Å². The SMILES string of the molecule is CCCCCCCC/C=C\CCCCCCCCO[C@@H]1[C@@H](O)[C@H](O)[C@@H](CO)O[C@H]1NCCCCCCCCCCCCCCCCCC. The van der Waals surface area contributed by atoms with E-state index in [-0.39, 0.29) is 6.61 Å². The first kappa shape index (κ1) is 45.5. The van der Waals surface area contributed by atoms with Crippen LogP contribution in [0.15, 0.2) is 12.2 Å². The number of aliphatic hydroxyl groups is 3. The predicted molar refractivity (Wildman–Crippen MR) is 205 cm³/mol. The minimum absolute atomic E-state index is 0.322. The van der Waals surface area contributed by atoms with Gasteiger partial charge in [0.15, 0.2) is 0 Å². The van der Waals surface area contributed by atoms with Crippen LogP contribution in [0.5, 0.6) is 0 Å². The van der Waals surface area contributed by atoms with Gasteiger partial charge in [0, 0.05) is 6.61 Å². The number of nitrogens with one attached hydrogen (secondary N) is 1. The van der Waals surface area contributed by atoms with Gasteiger partial charge < -0.3 is 24.8 Å². The van der Waals surface area contributed by atoms with Crippen LogP contribution < -0.4 is 5.32 Å². The molecule has 0 saturated carbocycles. The zero-order valence-electron chi connectivity index (χ0n) is 32.0. The summed E-state index contributed by atoms with van der Waals surface area (Å²) in [5, 5.41) is 34.3. The third-order valence-corrected chi connectivity index (χ3v) is 10.2. The van der Waals surface area contributed by atoms with Crippen LogP contribution in [-0.2, 0) is 9.47 Å². The van der Waals surface area contributed by atoms with Crippen molar-refractivity contribution in [2.24, 2.45) is 0 Å². The Morgan fingerprint density at radius 1 is 0.521 bits per heavy atom. The highest BCUT2D eigenvalue weighted by Gasteiger charge is 2.44. The fourth-order valence-electron chi connectivity index (χ4n) is 6.93. The van der Waals surface area contributed by atoms with Crippen molar-refractivity contribution in [1.29, 1.82) is 0 Å². The Morgan fingerprint density at radius 2 is 0.917 bits per heavy atom. The molecule has 286 valence electrons. The minimum Gasteiger partial charge on any atom is -0.394 e. The fourth-order valence-corrected chi connectivity index (χ4v) is 6.93. The van der Waals surface area contributed by atoms with Gasteiger partial charge in [0.2, 0.25) is 0 Å². The van der Waals surface area contributed by atoms with Crippen LogP contribution in [-0.4, -0.2) is 65.7 Å². The number of hydrogen-bond donors (Lipinski definition) is 4. The van der Waals surface area contributed by atoms with E-state index < -0.39 is 30.6 Å². The van der Waals surface area contributed by atoms with Crippen molar-refractivity contribution in [2.75, 3.05) is 19.8 Å². The topological polar surface area (TPSA) is 91.2 Å². The maximum Gasteiger partial charge on any atom is 0.137 e. The molecule has 0 amide bonds. The normalized spacial score (nSPS) is 21.5. The molecular weight excluding hydrogens is 598 g/mol. The lowest BCUT2D eigenvalue weighted by Gasteiger charge is -2.42. The van der Waals surface area contributed by atoms with Crippen LogP contribution in [0.25, 0.3) is 0 Å². The van der Waals surface area contributed by atoms with Gasteiger partial charge in [0.05, 0.1) is 6.61 Å². The van der Waals surface area contributed by atoms with E-state index in [9.17, 15) is 15.3 Å². The quantitative estimate of drug-likeness (QED) is 0.0389. The van der Waals surface area contributed by atoms with Crippen molar-refractivity contribution in [1.82, 2.24) is 5.32 Å². The standard InChI is InChI=1S/C42H83NO5/c1-3-5-7-9-11-13-15-17-19-21-23-25-27-29-31-33-35-43-42-41(40(46)39(45)38(37-44)48-42)47-36-34-32-30-28-26-24-22-20-18-16-14-12-10-8-6-4-2/h18,20,38-46H,3-17,19,21-37H2,1-2H3/b20-18-/t38-,39-,40+,41-,42-/m1/s1. The Labute approximate surface area is 298 Å². The third kappa shape index (κ3) is 25.5. The summed E-state index contributed by atoms with van der Waals surface area (Å²) in [6.07, 6.45) is 39.8. The van der Waals surface area contributed by atoms with Crippen molar-refractivity contribution in [3.8, 4) is 0 Å². The van der Waals surface area contributed by atoms with Crippen molar-refractivity contribution >= 4 is 0 Å². The molecule has 0 aliphatic carbocycles. The van der Waals surface area contributed by atoms with E-state index >= 15 is 0 Å². The molecule has 6 heteroatoms. The van der Waals surface area contributed by atoms with E-state index in [1.165, 1.54) is 173 Å². The fraction of sp³-hybridized carbons (Fsp3) is 0.952. The molecule has 0 aromatic carbocycles. The lowest BCUT2D eigenvalue weighted by molar-refractivity contribution is -0.248. The van der Waals surface area contributed by atoms with E-state index in [0.717, 1.165) is 25.8 Å². The molecular formula is C42H83NO5. The summed E-state index contributed by atoms with van der Waals surface area (Å²) in [4.78, 5) is 0. The Bertz CT molecular complexity index is 676. The summed E-state index contributed by atoms with van der Waals surface area (Å²) in [5.74, 6) is 0. The summed E-state index contributed by atoms with van der Waals surface area (Å²) in [7, 11) is 0. The van der Waals surface area contributed by atoms with E-state index in [0.29, 0.717) is 6.61 Å². The van der Waals surface area contributed by atoms with Crippen LogP contribution in [0.4, 0.5) is 0 Å². The van der Waals surface area contributed by atoms with Crippen molar-refractivity contribution in [3.05, 3.63) is 12.2 Å². The smallest absolute Gasteiger partial charge is 0.137 e. The zero-order valence-corrected chi connectivity index (χ0v) is 32.0. The number of allylic oxidation sites excluding steroid dienone is 2. The van der Waals surface area contributed by atoms with Gasteiger partial charge >= 0.3 is 0 Å². The minimum atomic E-state index is -1.14. The molecule has 1 saturated heterocycles. The molecule has 1 fully saturated rings. The maximum atomic E-state index is 10.8. The lowest BCUT2D eigenvalue weighted by Crippen LogP contribution is -2.63. The van der Waals surface area contributed by atoms with Gasteiger partial charge in [-0.25, -0.2) is 0 Å². The highest BCUT2D eigenvalue weighted by Crippen LogP contribution is 2.23. The van der Waals surface area contributed by atoms with Gasteiger partial charge in [-0.3, -0.25) is 5.32 Å². The van der Waals surface area contributed by atoms with Gasteiger partial charge in [-0.2, -0.15) is 0 Å². The largest absolute Gasteiger partial charge is 0.394 e. The second kappa shape index (κ2) is 34.9. The molecule has 1 rings (SSSR count). The lowest BCUT2D eigenvalue weighted by atomic mass is 9.98. The Hall–Kier alpha value is -0.500. The molecule has 0 unspecified atom stereocenters. The van der Waals surface area contributed by atoms with Crippen LogP contribution in [0, 0.1) is 0 Å². The van der Waals surface area contributed by atoms with Gasteiger partial charge in [-0.15, -0.1) is 0 Å². The second-order valence-electron chi connectivity index (χ2n) is 14.8. The molecule has 0 aromatic heterocycles. The summed E-state index contributed by atoms with van der Waals surface area (Å²) < 4.78 is 12.0. The first-order valence-electron chi connectivity index (χ1n) is 21.3. The molecule has 1 heterocycles. The average molecular weight is 682 g/mol. The number of unbranched alkanes of at least 4 members (excludes halogenated alkanes) is 27. The van der Waals surface area contributed by atoms with Gasteiger partial charge in [-0.05, 0) is 45.1 Å². The van der Waals surface area contributed by atoms with Crippen LogP contribution in [0.3, 0.4) is 0 Å². The molecule has 0 bridgehead atoms. The number of rotatable bonds is 36. The summed E-state index contributed by atoms with van der Waals surface area (Å²) in [6.45, 7) is 5.55. The van der Waals surface area contributed by atoms with Gasteiger partial charge in [-0.1, -0.05) is 180 Å². The zero-order chi connectivity index (χ0) is 34.8. The Balaban J connectivity index is 2.07. The Kier molecular flexibility index (Phi) is 33.1. The van der Waals surface area contributed by atoms with E-state index in [4.69, 9.17) is 9.47 Å². The summed E-state index contributed by atoms with van der Waals surface area (Å²) >= 11 is 0. The highest BCUT2D eigenvalue weighted by atomic mass is 16.6. The first-order chi connectivity index (χ1) is 23.7. The number of ether oxygens (including phenoxy) is 2. The molecule has 1 aliphatic heterocycles.